The van der Waals surface area contributed by atoms with Crippen LogP contribution < -0.4 is 10.1 Å². The van der Waals surface area contributed by atoms with E-state index in [1.54, 1.807) is 18.2 Å². The van der Waals surface area contributed by atoms with Crippen molar-refractivity contribution in [1.29, 1.82) is 0 Å². The first kappa shape index (κ1) is 20.0. The largest absolute Gasteiger partial charge is 0.497 e. The number of halogens is 1. The summed E-state index contributed by atoms with van der Waals surface area (Å²) in [6.45, 7) is 1.61. The number of ether oxygens (including phenoxy) is 2. The lowest BCUT2D eigenvalue weighted by Crippen LogP contribution is -2.36. The number of esters is 1. The van der Waals surface area contributed by atoms with E-state index in [4.69, 9.17) is 9.47 Å². The molecule has 0 fully saturated rings. The summed E-state index contributed by atoms with van der Waals surface area (Å²) in [6.07, 6.45) is 1.68. The van der Waals surface area contributed by atoms with Gasteiger partial charge in [-0.25, -0.2) is 4.79 Å². The summed E-state index contributed by atoms with van der Waals surface area (Å²) >= 11 is 3.29. The first-order valence-electron chi connectivity index (χ1n) is 8.33. The van der Waals surface area contributed by atoms with Crippen LogP contribution in [0, 0.1) is 0 Å². The van der Waals surface area contributed by atoms with Crippen molar-refractivity contribution in [3.05, 3.63) is 64.1 Å². The van der Waals surface area contributed by atoms with E-state index in [2.05, 4.69) is 33.4 Å². The van der Waals surface area contributed by atoms with E-state index in [9.17, 15) is 9.59 Å². The van der Waals surface area contributed by atoms with E-state index >= 15 is 0 Å². The molecule has 1 atom stereocenters. The highest BCUT2D eigenvalue weighted by Gasteiger charge is 2.15. The second kappa shape index (κ2) is 9.97. The molecule has 2 aromatic carbocycles. The number of rotatable bonds is 8. The van der Waals surface area contributed by atoms with Crippen LogP contribution in [0.1, 0.15) is 29.3 Å². The maximum absolute atomic E-state index is 12.1. The monoisotopic (exact) mass is 419 g/mol. The van der Waals surface area contributed by atoms with Crippen LogP contribution in [0.3, 0.4) is 0 Å². The SMILES string of the molecule is COc1ccc(Br)c(C(=O)OCC(=O)NC(C)CCc2ccccc2)c1. The van der Waals surface area contributed by atoms with E-state index < -0.39 is 5.97 Å². The van der Waals surface area contributed by atoms with Gasteiger partial charge in [0, 0.05) is 10.5 Å². The number of carbonyl (C=O) groups is 2. The minimum absolute atomic E-state index is 0.00929. The van der Waals surface area contributed by atoms with Crippen molar-refractivity contribution in [2.75, 3.05) is 13.7 Å². The number of carbonyl (C=O) groups excluding carboxylic acids is 2. The van der Waals surface area contributed by atoms with Gasteiger partial charge in [0.1, 0.15) is 5.75 Å². The van der Waals surface area contributed by atoms with Crippen molar-refractivity contribution in [1.82, 2.24) is 5.32 Å². The lowest BCUT2D eigenvalue weighted by atomic mass is 10.1. The molecule has 0 saturated heterocycles. The molecule has 0 aromatic heterocycles. The predicted octanol–water partition coefficient (Wildman–Crippen LogP) is 3.75. The summed E-state index contributed by atoms with van der Waals surface area (Å²) in [7, 11) is 1.52. The van der Waals surface area contributed by atoms with Gasteiger partial charge in [-0.2, -0.15) is 0 Å². The van der Waals surface area contributed by atoms with Gasteiger partial charge in [0.05, 0.1) is 12.7 Å². The second-order valence-electron chi connectivity index (χ2n) is 5.91. The predicted molar refractivity (Wildman–Crippen MR) is 103 cm³/mol. The van der Waals surface area contributed by atoms with Gasteiger partial charge in [-0.3, -0.25) is 4.79 Å². The Morgan fingerprint density at radius 3 is 2.58 bits per heavy atom. The van der Waals surface area contributed by atoms with Gasteiger partial charge in [-0.15, -0.1) is 0 Å². The highest BCUT2D eigenvalue weighted by molar-refractivity contribution is 9.10. The Labute approximate surface area is 161 Å². The number of amides is 1. The lowest BCUT2D eigenvalue weighted by Gasteiger charge is -2.14. The fraction of sp³-hybridized carbons (Fsp3) is 0.300. The highest BCUT2D eigenvalue weighted by atomic mass is 79.9. The van der Waals surface area contributed by atoms with Crippen LogP contribution in [-0.4, -0.2) is 31.6 Å². The Morgan fingerprint density at radius 1 is 1.15 bits per heavy atom. The van der Waals surface area contributed by atoms with E-state index in [-0.39, 0.29) is 18.6 Å². The number of aryl methyl sites for hydroxylation is 1. The summed E-state index contributed by atoms with van der Waals surface area (Å²) in [5.41, 5.74) is 1.54. The molecule has 26 heavy (non-hydrogen) atoms. The van der Waals surface area contributed by atoms with Crippen LogP contribution in [0.25, 0.3) is 0 Å². The first-order valence-corrected chi connectivity index (χ1v) is 9.13. The topological polar surface area (TPSA) is 64.6 Å². The zero-order valence-corrected chi connectivity index (χ0v) is 16.4. The van der Waals surface area contributed by atoms with Crippen LogP contribution in [0.5, 0.6) is 5.75 Å². The Balaban J connectivity index is 1.78. The van der Waals surface area contributed by atoms with E-state index in [0.29, 0.717) is 15.8 Å². The molecule has 2 rings (SSSR count). The normalized spacial score (nSPS) is 11.5. The molecular weight excluding hydrogens is 398 g/mol. The van der Waals surface area contributed by atoms with Crippen molar-refractivity contribution in [3.63, 3.8) is 0 Å². The summed E-state index contributed by atoms with van der Waals surface area (Å²) < 4.78 is 10.8. The third kappa shape index (κ3) is 6.19. The molecule has 0 spiro atoms. The zero-order chi connectivity index (χ0) is 18.9. The fourth-order valence-corrected chi connectivity index (χ4v) is 2.82. The fourth-order valence-electron chi connectivity index (χ4n) is 2.41. The maximum Gasteiger partial charge on any atom is 0.339 e. The molecule has 138 valence electrons. The molecular formula is C20H22BrNO4. The number of methoxy groups -OCH3 is 1. The molecule has 1 amide bonds. The molecule has 0 radical (unpaired) electrons. The van der Waals surface area contributed by atoms with Gasteiger partial charge >= 0.3 is 5.97 Å². The first-order chi connectivity index (χ1) is 12.5. The molecule has 0 aliphatic carbocycles. The van der Waals surface area contributed by atoms with Crippen molar-refractivity contribution in [2.45, 2.75) is 25.8 Å². The molecule has 6 heteroatoms. The third-order valence-corrected chi connectivity index (χ3v) is 4.54. The van der Waals surface area contributed by atoms with Crippen LogP contribution in [0.2, 0.25) is 0 Å². The highest BCUT2D eigenvalue weighted by Crippen LogP contribution is 2.23. The summed E-state index contributed by atoms with van der Waals surface area (Å²) in [4.78, 5) is 24.1. The van der Waals surface area contributed by atoms with Crippen molar-refractivity contribution in [3.8, 4) is 5.75 Å². The maximum atomic E-state index is 12.1. The van der Waals surface area contributed by atoms with Crippen LogP contribution in [0.15, 0.2) is 53.0 Å². The minimum atomic E-state index is -0.581. The van der Waals surface area contributed by atoms with E-state index in [1.807, 2.05) is 25.1 Å². The average Bonchev–Trinajstić information content (AvgIpc) is 2.65. The molecule has 2 aromatic rings. The number of nitrogens with one attached hydrogen (secondary N) is 1. The average molecular weight is 420 g/mol. The molecule has 5 nitrogen and oxygen atoms in total. The zero-order valence-electron chi connectivity index (χ0n) is 14.8. The van der Waals surface area contributed by atoms with E-state index in [1.165, 1.54) is 12.7 Å². The van der Waals surface area contributed by atoms with Gasteiger partial charge in [0.25, 0.3) is 5.91 Å². The van der Waals surface area contributed by atoms with Gasteiger partial charge in [-0.1, -0.05) is 30.3 Å². The summed E-state index contributed by atoms with van der Waals surface area (Å²) in [6, 6.07) is 15.1. The third-order valence-electron chi connectivity index (χ3n) is 3.84. The Morgan fingerprint density at radius 2 is 1.88 bits per heavy atom. The molecule has 0 bridgehead atoms. The molecule has 1 unspecified atom stereocenters. The Bertz CT molecular complexity index is 749. The van der Waals surface area contributed by atoms with Crippen molar-refractivity contribution >= 4 is 27.8 Å². The minimum Gasteiger partial charge on any atom is -0.497 e. The number of hydrogen-bond acceptors (Lipinski definition) is 4. The molecule has 0 aliphatic rings. The van der Waals surface area contributed by atoms with Gasteiger partial charge < -0.3 is 14.8 Å². The quantitative estimate of drug-likeness (QED) is 0.661. The molecule has 0 aliphatic heterocycles. The summed E-state index contributed by atoms with van der Waals surface area (Å²) in [5, 5.41) is 2.84. The van der Waals surface area contributed by atoms with Crippen LogP contribution in [-0.2, 0) is 16.0 Å². The molecule has 0 saturated carbocycles. The second-order valence-corrected chi connectivity index (χ2v) is 6.77. The lowest BCUT2D eigenvalue weighted by molar-refractivity contribution is -0.124. The van der Waals surface area contributed by atoms with Gasteiger partial charge in [0.15, 0.2) is 6.61 Å². The Kier molecular flexibility index (Phi) is 7.66. The van der Waals surface area contributed by atoms with Crippen molar-refractivity contribution in [2.24, 2.45) is 0 Å². The number of hydrogen-bond donors (Lipinski definition) is 1. The smallest absolute Gasteiger partial charge is 0.339 e. The van der Waals surface area contributed by atoms with Gasteiger partial charge in [-0.05, 0) is 59.5 Å². The standard InChI is InChI=1S/C20H22BrNO4/c1-14(8-9-15-6-4-3-5-7-15)22-19(23)13-26-20(24)17-12-16(25-2)10-11-18(17)21/h3-7,10-12,14H,8-9,13H2,1-2H3,(H,22,23). The van der Waals surface area contributed by atoms with Crippen LogP contribution in [0.4, 0.5) is 0 Å². The summed E-state index contributed by atoms with van der Waals surface area (Å²) in [5.74, 6) is -0.361. The number of benzene rings is 2. The van der Waals surface area contributed by atoms with E-state index in [0.717, 1.165) is 12.8 Å². The van der Waals surface area contributed by atoms with Crippen molar-refractivity contribution < 1.29 is 19.1 Å². The van der Waals surface area contributed by atoms with Gasteiger partial charge in [0.2, 0.25) is 0 Å². The molecule has 1 N–H and O–H groups in total. The molecule has 0 heterocycles. The Hall–Kier alpha value is -2.34. The van der Waals surface area contributed by atoms with Crippen LogP contribution >= 0.6 is 15.9 Å².